The van der Waals surface area contributed by atoms with Crippen LogP contribution in [0.2, 0.25) is 0 Å². The molecule has 6 N–H and O–H groups in total. The standard InChI is InChI=1S/C11H21N3O5/c1-6(2)9(12)10(17)13-5-8(16)14-7(3-4-15)11(18)19/h6-7,9,15H,3-5,12H2,1-2H3,(H,13,17)(H,14,16)(H,18,19)/t7-,9-/m0/s1. The van der Waals surface area contributed by atoms with Gasteiger partial charge in [0.15, 0.2) is 0 Å². The number of rotatable bonds is 8. The number of hydrogen-bond donors (Lipinski definition) is 5. The lowest BCUT2D eigenvalue weighted by Crippen LogP contribution is -2.49. The highest BCUT2D eigenvalue weighted by atomic mass is 16.4. The van der Waals surface area contributed by atoms with Gasteiger partial charge in [-0.05, 0) is 5.92 Å². The van der Waals surface area contributed by atoms with E-state index in [1.165, 1.54) is 0 Å². The van der Waals surface area contributed by atoms with Gasteiger partial charge in [-0.2, -0.15) is 0 Å². The van der Waals surface area contributed by atoms with Crippen LogP contribution in [-0.4, -0.2) is 53.2 Å². The van der Waals surface area contributed by atoms with Crippen molar-refractivity contribution in [2.24, 2.45) is 11.7 Å². The zero-order valence-corrected chi connectivity index (χ0v) is 11.0. The molecule has 19 heavy (non-hydrogen) atoms. The van der Waals surface area contributed by atoms with Crippen LogP contribution in [0.4, 0.5) is 0 Å². The maximum absolute atomic E-state index is 11.5. The highest BCUT2D eigenvalue weighted by Gasteiger charge is 2.21. The van der Waals surface area contributed by atoms with Gasteiger partial charge in [-0.3, -0.25) is 9.59 Å². The summed E-state index contributed by atoms with van der Waals surface area (Å²) in [5.41, 5.74) is 5.57. The Morgan fingerprint density at radius 2 is 1.84 bits per heavy atom. The molecule has 0 spiro atoms. The SMILES string of the molecule is CC(C)[C@H](N)C(=O)NCC(=O)N[C@@H](CCO)C(=O)O. The van der Waals surface area contributed by atoms with Crippen LogP contribution in [-0.2, 0) is 14.4 Å². The van der Waals surface area contributed by atoms with E-state index in [9.17, 15) is 14.4 Å². The van der Waals surface area contributed by atoms with Crippen LogP contribution in [0.15, 0.2) is 0 Å². The van der Waals surface area contributed by atoms with Crippen molar-refractivity contribution in [3.8, 4) is 0 Å². The summed E-state index contributed by atoms with van der Waals surface area (Å²) >= 11 is 0. The molecular weight excluding hydrogens is 254 g/mol. The quantitative estimate of drug-likeness (QED) is 0.348. The molecule has 0 aromatic heterocycles. The van der Waals surface area contributed by atoms with Crippen molar-refractivity contribution in [1.29, 1.82) is 0 Å². The van der Waals surface area contributed by atoms with E-state index in [4.69, 9.17) is 15.9 Å². The van der Waals surface area contributed by atoms with Crippen LogP contribution in [0.25, 0.3) is 0 Å². The average molecular weight is 275 g/mol. The van der Waals surface area contributed by atoms with Crippen molar-refractivity contribution in [3.05, 3.63) is 0 Å². The second-order valence-electron chi connectivity index (χ2n) is 4.46. The molecule has 110 valence electrons. The van der Waals surface area contributed by atoms with E-state index in [0.717, 1.165) is 0 Å². The highest BCUT2D eigenvalue weighted by molar-refractivity contribution is 5.89. The topological polar surface area (TPSA) is 142 Å². The van der Waals surface area contributed by atoms with Gasteiger partial charge in [-0.15, -0.1) is 0 Å². The Morgan fingerprint density at radius 1 is 1.26 bits per heavy atom. The Hall–Kier alpha value is -1.67. The summed E-state index contributed by atoms with van der Waals surface area (Å²) in [4.78, 5) is 33.6. The first-order chi connectivity index (χ1) is 8.79. The molecule has 0 aliphatic carbocycles. The van der Waals surface area contributed by atoms with E-state index in [1.54, 1.807) is 13.8 Å². The molecule has 0 heterocycles. The minimum atomic E-state index is -1.24. The Balaban J connectivity index is 4.17. The van der Waals surface area contributed by atoms with Crippen molar-refractivity contribution in [3.63, 3.8) is 0 Å². The summed E-state index contributed by atoms with van der Waals surface area (Å²) in [6, 6.07) is -1.89. The summed E-state index contributed by atoms with van der Waals surface area (Å²) in [5, 5.41) is 21.9. The van der Waals surface area contributed by atoms with Crippen LogP contribution >= 0.6 is 0 Å². The average Bonchev–Trinajstić information content (AvgIpc) is 2.34. The fraction of sp³-hybridized carbons (Fsp3) is 0.727. The van der Waals surface area contributed by atoms with Crippen molar-refractivity contribution >= 4 is 17.8 Å². The Labute approximate surface area is 111 Å². The molecule has 0 radical (unpaired) electrons. The molecule has 8 nitrogen and oxygen atoms in total. The fourth-order valence-electron chi connectivity index (χ4n) is 1.22. The van der Waals surface area contributed by atoms with Crippen molar-refractivity contribution in [2.75, 3.05) is 13.2 Å². The summed E-state index contributed by atoms with van der Waals surface area (Å²) in [6.45, 7) is 2.83. The maximum Gasteiger partial charge on any atom is 0.326 e. The van der Waals surface area contributed by atoms with Crippen LogP contribution in [0, 0.1) is 5.92 Å². The fourth-order valence-corrected chi connectivity index (χ4v) is 1.22. The highest BCUT2D eigenvalue weighted by Crippen LogP contribution is 1.97. The molecule has 0 saturated heterocycles. The third-order valence-electron chi connectivity index (χ3n) is 2.50. The van der Waals surface area contributed by atoms with Gasteiger partial charge in [0.25, 0.3) is 0 Å². The molecule has 0 aliphatic heterocycles. The number of nitrogens with two attached hydrogens (primary N) is 1. The normalized spacial score (nSPS) is 13.7. The van der Waals surface area contributed by atoms with E-state index in [0.29, 0.717) is 0 Å². The van der Waals surface area contributed by atoms with Gasteiger partial charge in [-0.1, -0.05) is 13.8 Å². The third kappa shape index (κ3) is 6.73. The van der Waals surface area contributed by atoms with Gasteiger partial charge in [0.05, 0.1) is 12.6 Å². The summed E-state index contributed by atoms with van der Waals surface area (Å²) in [7, 11) is 0. The van der Waals surface area contributed by atoms with Gasteiger partial charge >= 0.3 is 5.97 Å². The lowest BCUT2D eigenvalue weighted by atomic mass is 10.1. The Bertz CT molecular complexity index is 332. The van der Waals surface area contributed by atoms with Crippen LogP contribution in [0.1, 0.15) is 20.3 Å². The lowest BCUT2D eigenvalue weighted by molar-refractivity contribution is -0.142. The number of carboxylic acids is 1. The van der Waals surface area contributed by atoms with E-state index in [-0.39, 0.29) is 25.5 Å². The first kappa shape index (κ1) is 17.3. The lowest BCUT2D eigenvalue weighted by Gasteiger charge is -2.16. The number of carboxylic acid groups (broad SMARTS) is 1. The minimum absolute atomic E-state index is 0.0655. The van der Waals surface area contributed by atoms with Gasteiger partial charge in [0, 0.05) is 13.0 Å². The number of aliphatic carboxylic acids is 1. The van der Waals surface area contributed by atoms with Crippen LogP contribution in [0.5, 0.6) is 0 Å². The number of amides is 2. The molecule has 0 rings (SSSR count). The molecule has 0 aromatic rings. The third-order valence-corrected chi connectivity index (χ3v) is 2.50. The number of hydrogen-bond acceptors (Lipinski definition) is 5. The smallest absolute Gasteiger partial charge is 0.326 e. The zero-order valence-electron chi connectivity index (χ0n) is 11.0. The summed E-state index contributed by atoms with van der Waals surface area (Å²) in [6.07, 6.45) is -0.0967. The van der Waals surface area contributed by atoms with Crippen molar-refractivity contribution < 1.29 is 24.6 Å². The van der Waals surface area contributed by atoms with E-state index < -0.39 is 29.9 Å². The Kier molecular flexibility index (Phi) is 7.69. The number of carbonyl (C=O) groups is 3. The molecular formula is C11H21N3O5. The van der Waals surface area contributed by atoms with Gasteiger partial charge in [-0.25, -0.2) is 4.79 Å². The molecule has 8 heteroatoms. The number of carbonyl (C=O) groups excluding carboxylic acids is 2. The number of aliphatic hydroxyl groups excluding tert-OH is 1. The molecule has 0 saturated carbocycles. The van der Waals surface area contributed by atoms with E-state index >= 15 is 0 Å². The molecule has 0 aliphatic rings. The van der Waals surface area contributed by atoms with Crippen molar-refractivity contribution in [2.45, 2.75) is 32.4 Å². The van der Waals surface area contributed by atoms with Crippen LogP contribution in [0.3, 0.4) is 0 Å². The maximum atomic E-state index is 11.5. The first-order valence-corrected chi connectivity index (χ1v) is 5.95. The molecule has 0 aromatic carbocycles. The predicted molar refractivity (Wildman–Crippen MR) is 67.1 cm³/mol. The molecule has 2 atom stereocenters. The molecule has 2 amide bonds. The molecule has 0 bridgehead atoms. The Morgan fingerprint density at radius 3 is 2.26 bits per heavy atom. The van der Waals surface area contributed by atoms with Gasteiger partial charge in [0.2, 0.25) is 11.8 Å². The molecule has 0 fully saturated rings. The largest absolute Gasteiger partial charge is 0.480 e. The van der Waals surface area contributed by atoms with Crippen molar-refractivity contribution in [1.82, 2.24) is 10.6 Å². The monoisotopic (exact) mass is 275 g/mol. The summed E-state index contributed by atoms with van der Waals surface area (Å²) in [5.74, 6) is -2.43. The van der Waals surface area contributed by atoms with Gasteiger partial charge < -0.3 is 26.6 Å². The number of nitrogens with one attached hydrogen (secondary N) is 2. The summed E-state index contributed by atoms with van der Waals surface area (Å²) < 4.78 is 0. The predicted octanol–water partition coefficient (Wildman–Crippen LogP) is -1.96. The molecule has 0 unspecified atom stereocenters. The van der Waals surface area contributed by atoms with E-state index in [1.807, 2.05) is 0 Å². The number of aliphatic hydroxyl groups is 1. The second kappa shape index (κ2) is 8.44. The van der Waals surface area contributed by atoms with Crippen LogP contribution < -0.4 is 16.4 Å². The zero-order chi connectivity index (χ0) is 15.0. The van der Waals surface area contributed by atoms with Gasteiger partial charge in [0.1, 0.15) is 6.04 Å². The minimum Gasteiger partial charge on any atom is -0.480 e. The van der Waals surface area contributed by atoms with E-state index in [2.05, 4.69) is 10.6 Å². The second-order valence-corrected chi connectivity index (χ2v) is 4.46. The first-order valence-electron chi connectivity index (χ1n) is 5.95.